The van der Waals surface area contributed by atoms with Crippen molar-refractivity contribution in [2.24, 2.45) is 39.8 Å². The van der Waals surface area contributed by atoms with E-state index in [1.54, 1.807) is 0 Å². The SMILES string of the molecule is CCCCC[C@H](C(=O)CCc1ccc2c(c1)O[C@H]1[C@H](C#C[C@H](O)c3ccc4c(c3CC3=CN=C5C[NH+]1C=C35)C=CN[C@@H]4N)C1(C#CO2)CCCC1)[C@H](O)[C@@H]1C=C[C@@H](C)C[C@H]1O. The second kappa shape index (κ2) is 17.4. The van der Waals surface area contributed by atoms with Crippen molar-refractivity contribution in [2.45, 2.75) is 122 Å². The summed E-state index contributed by atoms with van der Waals surface area (Å²) < 4.78 is 13.4. The largest absolute Gasteiger partial charge is 0.437 e. The number of nitrogens with one attached hydrogen (secondary N) is 2. The van der Waals surface area contributed by atoms with Crippen molar-refractivity contribution in [3.05, 3.63) is 100 Å². The Balaban J connectivity index is 1.04. The molecule has 10 heteroatoms. The Morgan fingerprint density at radius 2 is 1.93 bits per heavy atom. The fraction of sp³-hybridized carbons (Fsp3) is 0.490. The van der Waals surface area contributed by atoms with Gasteiger partial charge >= 0.3 is 0 Å². The molecular formula is C51H59N4O6+. The lowest BCUT2D eigenvalue weighted by molar-refractivity contribution is -0.888. The van der Waals surface area contributed by atoms with Crippen LogP contribution >= 0.6 is 0 Å². The zero-order valence-electron chi connectivity index (χ0n) is 35.3. The predicted octanol–water partition coefficient (Wildman–Crippen LogP) is 5.50. The van der Waals surface area contributed by atoms with Gasteiger partial charge in [0.2, 0.25) is 0 Å². The Morgan fingerprint density at radius 3 is 2.75 bits per heavy atom. The molecule has 0 saturated heterocycles. The molecule has 0 amide bonds. The van der Waals surface area contributed by atoms with Gasteiger partial charge in [0, 0.05) is 30.9 Å². The van der Waals surface area contributed by atoms with Crippen LogP contribution in [0.15, 0.2) is 77.2 Å². The Kier molecular flexibility index (Phi) is 11.8. The number of unbranched alkanes of at least 4 members (excludes halogenated alkanes) is 2. The van der Waals surface area contributed by atoms with Crippen molar-refractivity contribution in [1.82, 2.24) is 5.32 Å². The summed E-state index contributed by atoms with van der Waals surface area (Å²) in [5, 5.41) is 37.7. The molecule has 1 unspecified atom stereocenters. The minimum atomic E-state index is -1.06. The number of aliphatic hydroxyl groups is 3. The predicted molar refractivity (Wildman–Crippen MR) is 234 cm³/mol. The summed E-state index contributed by atoms with van der Waals surface area (Å²) in [5.41, 5.74) is 13.7. The van der Waals surface area contributed by atoms with Gasteiger partial charge in [-0.25, -0.2) is 0 Å². The first kappa shape index (κ1) is 41.4. The standard InChI is InChI=1S/C51H58N4O6/c1-3-4-5-8-37(48(59)38-12-9-31(2)25-45(38)58)44(57)16-10-32-11-18-46-47(26-32)61-50-41(51(22-24-60-46)20-6-7-21-51)15-17-43(56)35-13-14-36-34(19-23-53-49(36)52)39(35)27-33-28-54-42-30-55(50)29-40(33)42/h9,11-14,18-19,23,26,28-29,31,37-38,41,43,45,48-50,53,56,58-59H,3-8,10,16,20-21,25,27,30,52H2,1-2H3/p+1/t31-,37-,38-,41+,43+,45-,48+,49+,50+/m1/s1. The number of carbonyl (C=O) groups is 1. The average molecular weight is 824 g/mol. The molecule has 5 heterocycles. The third-order valence-corrected chi connectivity index (χ3v) is 14.3. The first-order valence-electron chi connectivity index (χ1n) is 22.5. The number of benzene rings is 2. The molecule has 1 fully saturated rings. The number of fused-ring (bicyclic) bond motifs is 8. The smallest absolute Gasteiger partial charge is 0.252 e. The van der Waals surface area contributed by atoms with Gasteiger partial charge in [0.1, 0.15) is 48.5 Å². The number of quaternary nitrogens is 1. The van der Waals surface area contributed by atoms with Gasteiger partial charge < -0.3 is 35.8 Å². The first-order valence-corrected chi connectivity index (χ1v) is 22.5. The quantitative estimate of drug-likeness (QED) is 0.105. The van der Waals surface area contributed by atoms with E-state index in [4.69, 9.17) is 20.2 Å². The van der Waals surface area contributed by atoms with Gasteiger partial charge in [0.05, 0.1) is 23.2 Å². The molecule has 0 radical (unpaired) electrons. The molecule has 2 bridgehead atoms. The minimum absolute atomic E-state index is 0.00715. The van der Waals surface area contributed by atoms with E-state index in [0.29, 0.717) is 43.7 Å². The summed E-state index contributed by atoms with van der Waals surface area (Å²) in [6, 6.07) is 9.74. The number of ketones is 1. The minimum Gasteiger partial charge on any atom is -0.437 e. The summed E-state index contributed by atoms with van der Waals surface area (Å²) in [4.78, 5) is 20.0. The van der Waals surface area contributed by atoms with Gasteiger partial charge in [0.15, 0.2) is 11.5 Å². The molecule has 7 N–H and O–H groups in total. The molecule has 7 aliphatic rings. The zero-order valence-corrected chi connectivity index (χ0v) is 35.3. The van der Waals surface area contributed by atoms with Crippen molar-refractivity contribution >= 4 is 17.6 Å². The number of aryl methyl sites for hydroxylation is 1. The average Bonchev–Trinajstić information content (AvgIpc) is 4.00. The van der Waals surface area contributed by atoms with Crippen molar-refractivity contribution in [1.29, 1.82) is 0 Å². The molecule has 10 atom stereocenters. The molecule has 1 saturated carbocycles. The summed E-state index contributed by atoms with van der Waals surface area (Å²) >= 11 is 0. The number of hydrogen-bond acceptors (Lipinski definition) is 9. The van der Waals surface area contributed by atoms with E-state index < -0.39 is 47.7 Å². The number of carbonyl (C=O) groups excluding carboxylic acids is 1. The van der Waals surface area contributed by atoms with Crippen LogP contribution < -0.4 is 25.4 Å². The van der Waals surface area contributed by atoms with Crippen LogP contribution in [0.1, 0.15) is 118 Å². The summed E-state index contributed by atoms with van der Waals surface area (Å²) in [6.45, 7) is 4.79. The van der Waals surface area contributed by atoms with Crippen molar-refractivity contribution < 1.29 is 34.5 Å². The van der Waals surface area contributed by atoms with Gasteiger partial charge in [-0.1, -0.05) is 94.1 Å². The molecule has 1 spiro atoms. The number of ether oxygens (including phenoxy) is 2. The van der Waals surface area contributed by atoms with Gasteiger partial charge in [-0.05, 0) is 95.8 Å². The molecule has 318 valence electrons. The first-order chi connectivity index (χ1) is 29.6. The Bertz CT molecular complexity index is 2330. The number of nitrogens with zero attached hydrogens (tertiary/aromatic N) is 1. The molecule has 9 rings (SSSR count). The molecule has 0 aromatic heterocycles. The van der Waals surface area contributed by atoms with Crippen LogP contribution in [0.4, 0.5) is 0 Å². The van der Waals surface area contributed by atoms with Crippen LogP contribution in [-0.4, -0.2) is 51.8 Å². The van der Waals surface area contributed by atoms with Gasteiger partial charge in [-0.2, -0.15) is 0 Å². The third-order valence-electron chi connectivity index (χ3n) is 14.3. The maximum Gasteiger partial charge on any atom is 0.252 e. The fourth-order valence-corrected chi connectivity index (χ4v) is 10.8. The topological polar surface area (TPSA) is 151 Å². The highest BCUT2D eigenvalue weighted by atomic mass is 16.5. The zero-order chi connectivity index (χ0) is 42.3. The van der Waals surface area contributed by atoms with E-state index in [1.165, 1.54) is 0 Å². The Morgan fingerprint density at radius 1 is 1.10 bits per heavy atom. The number of aliphatic imine (C=N–C) groups is 1. The number of nitrogens with two attached hydrogens (primary N) is 1. The highest BCUT2D eigenvalue weighted by Crippen LogP contribution is 2.47. The van der Waals surface area contributed by atoms with Gasteiger partial charge in [0.25, 0.3) is 6.23 Å². The Hall–Kier alpha value is -4.94. The van der Waals surface area contributed by atoms with Crippen molar-refractivity contribution in [3.8, 4) is 35.4 Å². The molecule has 2 aromatic rings. The normalized spacial score (nSPS) is 29.7. The number of rotatable bonds is 10. The van der Waals surface area contributed by atoms with Crippen LogP contribution in [-0.2, 0) is 17.6 Å². The van der Waals surface area contributed by atoms with E-state index in [2.05, 4.69) is 49.2 Å². The second-order valence-electron chi connectivity index (χ2n) is 18.3. The number of Topliss-reactive ketones (excluding diaryl/α,β-unsaturated/α-hetero) is 1. The molecule has 61 heavy (non-hydrogen) atoms. The number of aliphatic hydroxyl groups excluding tert-OH is 3. The molecule has 2 aliphatic carbocycles. The maximum absolute atomic E-state index is 14.0. The Labute approximate surface area is 359 Å². The maximum atomic E-state index is 14.0. The lowest BCUT2D eigenvalue weighted by Crippen LogP contribution is -3.13. The summed E-state index contributed by atoms with van der Waals surface area (Å²) in [7, 11) is 0. The van der Waals surface area contributed by atoms with Crippen LogP contribution in [0.2, 0.25) is 0 Å². The highest BCUT2D eigenvalue weighted by molar-refractivity contribution is 6.08. The van der Waals surface area contributed by atoms with Crippen LogP contribution in [0.5, 0.6) is 11.5 Å². The lowest BCUT2D eigenvalue weighted by Gasteiger charge is -2.36. The molecule has 5 aliphatic heterocycles. The van der Waals surface area contributed by atoms with Gasteiger partial charge in [-0.15, -0.1) is 0 Å². The second-order valence-corrected chi connectivity index (χ2v) is 18.3. The lowest BCUT2D eigenvalue weighted by atomic mass is 9.73. The van der Waals surface area contributed by atoms with E-state index in [9.17, 15) is 20.1 Å². The van der Waals surface area contributed by atoms with E-state index in [-0.39, 0.29) is 24.3 Å². The summed E-state index contributed by atoms with van der Waals surface area (Å²) in [6.07, 6.45) is 20.5. The highest BCUT2D eigenvalue weighted by Gasteiger charge is 2.51. The van der Waals surface area contributed by atoms with Crippen molar-refractivity contribution in [2.75, 3.05) is 6.54 Å². The molecule has 10 nitrogen and oxygen atoms in total. The molecule has 2 aromatic carbocycles. The number of allylic oxidation sites excluding steroid dienone is 2. The summed E-state index contributed by atoms with van der Waals surface area (Å²) in [5.74, 6) is 10.3. The van der Waals surface area contributed by atoms with E-state index in [1.807, 2.05) is 61.0 Å². The van der Waals surface area contributed by atoms with E-state index >= 15 is 0 Å². The fourth-order valence-electron chi connectivity index (χ4n) is 10.8. The van der Waals surface area contributed by atoms with Crippen molar-refractivity contribution in [3.63, 3.8) is 0 Å². The van der Waals surface area contributed by atoms with Crippen LogP contribution in [0, 0.1) is 53.0 Å². The van der Waals surface area contributed by atoms with Crippen LogP contribution in [0.3, 0.4) is 0 Å². The third kappa shape index (κ3) is 8.13. The molecular weight excluding hydrogens is 765 g/mol. The van der Waals surface area contributed by atoms with E-state index in [0.717, 1.165) is 94.5 Å². The number of hydrogen-bond donors (Lipinski definition) is 6. The van der Waals surface area contributed by atoms with Gasteiger partial charge in [-0.3, -0.25) is 14.7 Å². The monoisotopic (exact) mass is 823 g/mol. The van der Waals surface area contributed by atoms with Crippen LogP contribution in [0.25, 0.3) is 6.08 Å².